The molecule has 0 radical (unpaired) electrons. The third-order valence-corrected chi connectivity index (χ3v) is 4.96. The molecule has 4 heteroatoms. The van der Waals surface area contributed by atoms with E-state index in [1.807, 2.05) is 0 Å². The second-order valence-electron chi connectivity index (χ2n) is 6.40. The summed E-state index contributed by atoms with van der Waals surface area (Å²) in [6.07, 6.45) is 6.58. The van der Waals surface area contributed by atoms with Crippen LogP contribution in [0.3, 0.4) is 0 Å². The summed E-state index contributed by atoms with van der Waals surface area (Å²) >= 11 is 0. The van der Waals surface area contributed by atoms with Crippen LogP contribution in [0.5, 0.6) is 0 Å². The third kappa shape index (κ3) is 2.38. The molecule has 2 aliphatic rings. The van der Waals surface area contributed by atoms with E-state index in [1.165, 1.54) is 17.5 Å². The number of rotatable bonds is 2. The maximum Gasteiger partial charge on any atom is 0.229 e. The van der Waals surface area contributed by atoms with Crippen LogP contribution >= 0.6 is 0 Å². The van der Waals surface area contributed by atoms with Gasteiger partial charge < -0.3 is 10.3 Å². The number of aryl methyl sites for hydroxylation is 1. The van der Waals surface area contributed by atoms with Gasteiger partial charge in [0.15, 0.2) is 5.82 Å². The predicted molar refractivity (Wildman–Crippen MR) is 80.1 cm³/mol. The molecule has 2 aliphatic carbocycles. The van der Waals surface area contributed by atoms with E-state index in [-0.39, 0.29) is 0 Å². The number of hydrogen-bond acceptors (Lipinski definition) is 4. The molecule has 0 saturated heterocycles. The van der Waals surface area contributed by atoms with Crippen molar-refractivity contribution in [3.8, 4) is 0 Å². The zero-order chi connectivity index (χ0) is 14.2. The lowest BCUT2D eigenvalue weighted by Crippen LogP contribution is -2.14. The van der Waals surface area contributed by atoms with Crippen molar-refractivity contribution in [2.45, 2.75) is 56.4 Å². The van der Waals surface area contributed by atoms with Gasteiger partial charge in [0.2, 0.25) is 5.89 Å². The van der Waals surface area contributed by atoms with Crippen molar-refractivity contribution in [1.82, 2.24) is 10.1 Å². The second kappa shape index (κ2) is 5.26. The van der Waals surface area contributed by atoms with Gasteiger partial charge in [-0.2, -0.15) is 4.98 Å². The summed E-state index contributed by atoms with van der Waals surface area (Å²) in [6.45, 7) is 0. The van der Waals surface area contributed by atoms with Gasteiger partial charge in [0.1, 0.15) is 0 Å². The van der Waals surface area contributed by atoms with Gasteiger partial charge in [0.25, 0.3) is 0 Å². The van der Waals surface area contributed by atoms with Crippen LogP contribution in [0.1, 0.15) is 66.8 Å². The summed E-state index contributed by atoms with van der Waals surface area (Å²) < 4.78 is 5.55. The fraction of sp³-hybridized carbons (Fsp3) is 0.529. The Morgan fingerprint density at radius 3 is 2.90 bits per heavy atom. The van der Waals surface area contributed by atoms with Crippen LogP contribution in [0, 0.1) is 0 Å². The molecule has 1 fully saturated rings. The normalized spacial score (nSPS) is 28.5. The van der Waals surface area contributed by atoms with Gasteiger partial charge >= 0.3 is 0 Å². The molecule has 1 aromatic heterocycles. The summed E-state index contributed by atoms with van der Waals surface area (Å²) in [5.41, 5.74) is 8.79. The molecule has 1 saturated carbocycles. The maximum atomic E-state index is 5.99. The van der Waals surface area contributed by atoms with Gasteiger partial charge in [0, 0.05) is 17.9 Å². The van der Waals surface area contributed by atoms with Crippen molar-refractivity contribution in [3.05, 3.63) is 47.1 Å². The largest absolute Gasteiger partial charge is 0.339 e. The standard InChI is InChI=1S/C17H21N3O/c18-13-9-8-12(10-13)17-19-16(20-21-17)15-7-3-5-11-4-1-2-6-14(11)15/h1-2,4,6,12-13,15H,3,5,7-10,18H2/t12-,13+,15?/m1/s1. The molecule has 21 heavy (non-hydrogen) atoms. The molecule has 1 unspecified atom stereocenters. The number of benzene rings is 1. The molecule has 1 aromatic carbocycles. The molecular weight excluding hydrogens is 262 g/mol. The first-order chi connectivity index (χ1) is 10.3. The van der Waals surface area contributed by atoms with Gasteiger partial charge in [-0.25, -0.2) is 0 Å². The highest BCUT2D eigenvalue weighted by Crippen LogP contribution is 2.37. The quantitative estimate of drug-likeness (QED) is 0.919. The van der Waals surface area contributed by atoms with Gasteiger partial charge in [-0.3, -0.25) is 0 Å². The zero-order valence-corrected chi connectivity index (χ0v) is 12.2. The van der Waals surface area contributed by atoms with Crippen LogP contribution in [-0.4, -0.2) is 16.2 Å². The predicted octanol–water partition coefficient (Wildman–Crippen LogP) is 3.13. The van der Waals surface area contributed by atoms with E-state index in [0.717, 1.165) is 43.8 Å². The van der Waals surface area contributed by atoms with Crippen molar-refractivity contribution < 1.29 is 4.52 Å². The summed E-state index contributed by atoms with van der Waals surface area (Å²) in [4.78, 5) is 4.72. The van der Waals surface area contributed by atoms with E-state index in [0.29, 0.717) is 17.9 Å². The Labute approximate surface area is 124 Å². The minimum absolute atomic E-state index is 0.292. The average molecular weight is 283 g/mol. The van der Waals surface area contributed by atoms with Crippen molar-refractivity contribution in [3.63, 3.8) is 0 Å². The summed E-state index contributed by atoms with van der Waals surface area (Å²) in [5, 5.41) is 4.28. The molecule has 1 heterocycles. The molecule has 0 bridgehead atoms. The molecule has 4 nitrogen and oxygen atoms in total. The zero-order valence-electron chi connectivity index (χ0n) is 12.2. The molecule has 2 aromatic rings. The van der Waals surface area contributed by atoms with Crippen LogP contribution in [0.2, 0.25) is 0 Å². The topological polar surface area (TPSA) is 64.9 Å². The Kier molecular flexibility index (Phi) is 3.26. The minimum Gasteiger partial charge on any atom is -0.339 e. The monoisotopic (exact) mass is 283 g/mol. The number of aromatic nitrogens is 2. The molecule has 4 rings (SSSR count). The first-order valence-corrected chi connectivity index (χ1v) is 7.98. The van der Waals surface area contributed by atoms with Crippen LogP contribution in [-0.2, 0) is 6.42 Å². The summed E-state index contributed by atoms with van der Waals surface area (Å²) in [5.74, 6) is 2.31. The Balaban J connectivity index is 1.62. The molecule has 110 valence electrons. The smallest absolute Gasteiger partial charge is 0.229 e. The van der Waals surface area contributed by atoms with Crippen LogP contribution in [0.15, 0.2) is 28.8 Å². The Bertz CT molecular complexity index is 636. The van der Waals surface area contributed by atoms with Crippen LogP contribution in [0.4, 0.5) is 0 Å². The minimum atomic E-state index is 0.292. The van der Waals surface area contributed by atoms with Gasteiger partial charge in [-0.05, 0) is 49.7 Å². The number of nitrogens with two attached hydrogens (primary N) is 1. The summed E-state index contributed by atoms with van der Waals surface area (Å²) in [7, 11) is 0. The molecule has 3 atom stereocenters. The van der Waals surface area contributed by atoms with Crippen LogP contribution in [0.25, 0.3) is 0 Å². The van der Waals surface area contributed by atoms with Crippen molar-refractivity contribution in [1.29, 1.82) is 0 Å². The summed E-state index contributed by atoms with van der Waals surface area (Å²) in [6, 6.07) is 8.94. The van der Waals surface area contributed by atoms with E-state index < -0.39 is 0 Å². The van der Waals surface area contributed by atoms with E-state index >= 15 is 0 Å². The van der Waals surface area contributed by atoms with Crippen molar-refractivity contribution >= 4 is 0 Å². The fourth-order valence-corrected chi connectivity index (χ4v) is 3.82. The highest BCUT2D eigenvalue weighted by molar-refractivity contribution is 5.36. The molecule has 2 N–H and O–H groups in total. The third-order valence-electron chi connectivity index (χ3n) is 4.96. The number of fused-ring (bicyclic) bond motifs is 1. The highest BCUT2D eigenvalue weighted by Gasteiger charge is 2.30. The molecule has 0 aliphatic heterocycles. The van der Waals surface area contributed by atoms with E-state index in [2.05, 4.69) is 29.4 Å². The first-order valence-electron chi connectivity index (χ1n) is 7.98. The maximum absolute atomic E-state index is 5.99. The van der Waals surface area contributed by atoms with Crippen molar-refractivity contribution in [2.75, 3.05) is 0 Å². The Hall–Kier alpha value is -1.68. The van der Waals surface area contributed by atoms with Gasteiger partial charge in [0.05, 0.1) is 0 Å². The van der Waals surface area contributed by atoms with E-state index in [9.17, 15) is 0 Å². The molecule has 0 spiro atoms. The van der Waals surface area contributed by atoms with E-state index in [4.69, 9.17) is 15.2 Å². The first kappa shape index (κ1) is 13.0. The highest BCUT2D eigenvalue weighted by atomic mass is 16.5. The molecular formula is C17H21N3O. The number of nitrogens with zero attached hydrogens (tertiary/aromatic N) is 2. The van der Waals surface area contributed by atoms with E-state index in [1.54, 1.807) is 0 Å². The lowest BCUT2D eigenvalue weighted by molar-refractivity contribution is 0.347. The second-order valence-corrected chi connectivity index (χ2v) is 6.40. The lowest BCUT2D eigenvalue weighted by atomic mass is 9.82. The van der Waals surface area contributed by atoms with Gasteiger partial charge in [-0.1, -0.05) is 29.4 Å². The number of hydrogen-bond donors (Lipinski definition) is 1. The Morgan fingerprint density at radius 1 is 1.14 bits per heavy atom. The lowest BCUT2D eigenvalue weighted by Gasteiger charge is -2.22. The SMILES string of the molecule is N[C@H]1CC[C@@H](c2nc(C3CCCc4ccccc43)no2)C1. The van der Waals surface area contributed by atoms with Crippen molar-refractivity contribution in [2.24, 2.45) is 5.73 Å². The Morgan fingerprint density at radius 2 is 2.05 bits per heavy atom. The fourth-order valence-electron chi connectivity index (χ4n) is 3.82. The van der Waals surface area contributed by atoms with Gasteiger partial charge in [-0.15, -0.1) is 0 Å². The van der Waals surface area contributed by atoms with Crippen LogP contribution < -0.4 is 5.73 Å². The molecule has 0 amide bonds. The average Bonchev–Trinajstić information content (AvgIpc) is 3.15.